The van der Waals surface area contributed by atoms with Gasteiger partial charge in [-0.25, -0.2) is 44.9 Å². The van der Waals surface area contributed by atoms with Crippen LogP contribution in [0.1, 0.15) is 150 Å². The lowest BCUT2D eigenvalue weighted by molar-refractivity contribution is 0.178. The molecule has 0 unspecified atom stereocenters. The first-order valence-electron chi connectivity index (χ1n) is 43.2. The van der Waals surface area contributed by atoms with Crippen LogP contribution in [-0.4, -0.2) is 188 Å². The molecule has 0 spiro atoms. The molecule has 3 aliphatic heterocycles. The van der Waals surface area contributed by atoms with E-state index in [1.54, 1.807) is 29.3 Å². The van der Waals surface area contributed by atoms with Crippen LogP contribution in [0, 0.1) is 5.92 Å². The molecule has 4 aliphatic rings. The number of rotatable bonds is 26. The largest absolute Gasteiger partial charge is 0.396 e. The van der Waals surface area contributed by atoms with Crippen LogP contribution in [0.2, 0.25) is 0 Å². The molecule has 15 heterocycles. The van der Waals surface area contributed by atoms with Gasteiger partial charge in [0.2, 0.25) is 5.95 Å². The summed E-state index contributed by atoms with van der Waals surface area (Å²) in [6, 6.07) is 28.5. The number of aliphatic hydroxyl groups excluding tert-OH is 4. The second-order valence-electron chi connectivity index (χ2n) is 32.4. The maximum Gasteiger partial charge on any atom is 0.219 e. The molecule has 11 N–H and O–H groups in total. The first-order valence-corrected chi connectivity index (χ1v) is 44.8. The predicted octanol–water partition coefficient (Wildman–Crippen LogP) is 13.2. The molecular formula is C88H111Br2N29O4. The molecule has 1 aliphatic carbocycles. The highest BCUT2D eigenvalue weighted by molar-refractivity contribution is 9.11. The van der Waals surface area contributed by atoms with Crippen LogP contribution in [0.25, 0.3) is 55.7 Å². The molecule has 19 rings (SSSR count). The zero-order valence-electron chi connectivity index (χ0n) is 70.5. The van der Waals surface area contributed by atoms with Crippen molar-refractivity contribution in [2.45, 2.75) is 180 Å². The number of aryl methyl sites for hydroxylation is 5. The molecular weight excluding hydrogens is 1690 g/mol. The molecule has 1 saturated carbocycles. The highest BCUT2D eigenvalue weighted by Crippen LogP contribution is 2.36. The van der Waals surface area contributed by atoms with Gasteiger partial charge in [-0.15, -0.1) is 0 Å². The average molecular weight is 1800 g/mol. The molecule has 0 amide bonds. The lowest BCUT2D eigenvalue weighted by atomic mass is 9.85. The quantitative estimate of drug-likeness (QED) is 0.0241. The number of aliphatic hydroxyl groups is 4. The molecule has 123 heavy (non-hydrogen) atoms. The number of anilines is 9. The van der Waals surface area contributed by atoms with E-state index in [1.165, 1.54) is 37.7 Å². The zero-order chi connectivity index (χ0) is 85.0. The molecule has 15 aromatic rings. The number of nitrogens with one attached hydrogen (secondary N) is 5. The van der Waals surface area contributed by atoms with Gasteiger partial charge in [-0.05, 0) is 188 Å². The number of aromatic nitrogens is 20. The summed E-state index contributed by atoms with van der Waals surface area (Å²) in [5.74, 6) is 7.70. The molecule has 4 fully saturated rings. The monoisotopic (exact) mass is 1800 g/mol. The maximum absolute atomic E-state index is 9.81. The Hall–Kier alpha value is -11.4. The number of benzene rings is 3. The molecule has 35 heteroatoms. The topological polar surface area (TPSA) is 377 Å². The first kappa shape index (κ1) is 85.2. The maximum atomic E-state index is 9.81. The smallest absolute Gasteiger partial charge is 0.219 e. The van der Waals surface area contributed by atoms with Crippen molar-refractivity contribution < 1.29 is 20.4 Å². The van der Waals surface area contributed by atoms with Gasteiger partial charge in [-0.2, -0.15) is 38.5 Å². The Morgan fingerprint density at radius 1 is 0.407 bits per heavy atom. The van der Waals surface area contributed by atoms with E-state index in [4.69, 9.17) is 25.7 Å². The summed E-state index contributed by atoms with van der Waals surface area (Å²) in [5.41, 5.74) is 21.9. The second kappa shape index (κ2) is 39.4. The third-order valence-corrected chi connectivity index (χ3v) is 25.4. The van der Waals surface area contributed by atoms with Gasteiger partial charge < -0.3 is 81.1 Å². The fraction of sp³-hybridized carbons (Fsp3) is 0.443. The van der Waals surface area contributed by atoms with Crippen molar-refractivity contribution in [1.82, 2.24) is 97.0 Å². The molecule has 5 atom stereocenters. The van der Waals surface area contributed by atoms with Crippen LogP contribution < -0.4 is 47.0 Å². The molecule has 33 nitrogen and oxygen atoms in total. The summed E-state index contributed by atoms with van der Waals surface area (Å²) in [4.78, 5) is 48.1. The molecule has 646 valence electrons. The van der Waals surface area contributed by atoms with Crippen molar-refractivity contribution >= 4 is 140 Å². The number of imidazole rings is 3. The summed E-state index contributed by atoms with van der Waals surface area (Å²) in [6.07, 6.45) is 35.1. The van der Waals surface area contributed by atoms with Gasteiger partial charge in [0.15, 0.2) is 22.6 Å². The lowest BCUT2D eigenvalue weighted by Gasteiger charge is -2.36. The Kier molecular flexibility index (Phi) is 27.3. The number of nitrogens with zero attached hydrogens (tertiary/aromatic N) is 23. The van der Waals surface area contributed by atoms with Crippen LogP contribution in [-0.2, 0) is 60.2 Å². The molecule has 3 aromatic carbocycles. The van der Waals surface area contributed by atoms with Crippen LogP contribution in [0.5, 0.6) is 0 Å². The fourth-order valence-corrected chi connectivity index (χ4v) is 18.2. The normalized spacial score (nSPS) is 17.5. The van der Waals surface area contributed by atoms with Crippen molar-refractivity contribution in [2.75, 3.05) is 93.1 Å². The zero-order valence-corrected chi connectivity index (χ0v) is 73.7. The predicted molar refractivity (Wildman–Crippen MR) is 491 cm³/mol. The minimum atomic E-state index is 0.183. The Morgan fingerprint density at radius 3 is 1.18 bits per heavy atom. The lowest BCUT2D eigenvalue weighted by Crippen LogP contribution is -2.40. The number of piperidine rings is 3. The van der Waals surface area contributed by atoms with E-state index >= 15 is 0 Å². The van der Waals surface area contributed by atoms with Crippen LogP contribution in [0.3, 0.4) is 0 Å². The van der Waals surface area contributed by atoms with Gasteiger partial charge >= 0.3 is 0 Å². The number of halogens is 2. The van der Waals surface area contributed by atoms with Crippen molar-refractivity contribution in [2.24, 2.45) is 27.1 Å². The van der Waals surface area contributed by atoms with E-state index < -0.39 is 0 Å². The van der Waals surface area contributed by atoms with Crippen LogP contribution in [0.15, 0.2) is 144 Å². The van der Waals surface area contributed by atoms with Crippen LogP contribution >= 0.6 is 31.9 Å². The standard InChI is InChI=1S/2C24H31N7O.C22H26BrN7O.C18H23BrN8O/c1-3-18-15-27-31-22(25-14-17-7-8-21-20(12-17)26-16-29(21)2)13-23(28-24(18)31)30-10-5-4-6-19(30)9-11-32;1-3-17-13-27-31-23(25-12-16-8-9-21-20(10-16)26-15-30(21)2)11-22(29-24(17)31)28-19-7-5-4-6-18(19)14-32;1-28-14-25-18-10-15(5-6-19(18)28)12-24-20-11-21(27-22-17(23)13-26-30(20)22)29-8-3-2-4-16(29)7-9-31;19-14-11-24-27-15(21-8-12-9-22-18(20)23-10-12)7-16(25-17(14)27)26-5-2-1-3-13(26)4-6-28/h7-8,12-13,15-16,19,25,32H,3-6,9-11,14H2,1-2H3;8-11,13,15,18-19,25,32H,3-7,12,14H2,1-2H3,(H,28,29);5-6,10-11,13-14,16,24,31H,2-4,7-9,12H2,1H3;7,9-11,13,21,28H,1-6,8H2,(H2,20,22,23)/t19-;18-,19-;16-;13-/m0000/s1. The summed E-state index contributed by atoms with van der Waals surface area (Å²) in [7, 11) is 6.02. The van der Waals surface area contributed by atoms with Gasteiger partial charge in [0.1, 0.15) is 46.5 Å². The van der Waals surface area contributed by atoms with E-state index in [1.807, 2.05) is 91.9 Å². The Bertz CT molecular complexity index is 6070. The van der Waals surface area contributed by atoms with E-state index in [0.29, 0.717) is 44.3 Å². The van der Waals surface area contributed by atoms with E-state index in [2.05, 4.69) is 199 Å². The number of nitrogen functional groups attached to an aromatic ring is 1. The Balaban J connectivity index is 0.000000122. The van der Waals surface area contributed by atoms with Gasteiger partial charge in [0.05, 0.1) is 85.8 Å². The van der Waals surface area contributed by atoms with E-state index in [-0.39, 0.29) is 44.3 Å². The molecule has 0 radical (unpaired) electrons. The average Bonchev–Trinajstić information content (AvgIpc) is 1.74. The van der Waals surface area contributed by atoms with Crippen molar-refractivity contribution in [3.8, 4) is 0 Å². The van der Waals surface area contributed by atoms with Gasteiger partial charge in [-0.3, -0.25) is 0 Å². The van der Waals surface area contributed by atoms with Crippen molar-refractivity contribution in [3.63, 3.8) is 0 Å². The van der Waals surface area contributed by atoms with Gasteiger partial charge in [-0.1, -0.05) is 44.9 Å². The molecule has 0 bridgehead atoms. The fourth-order valence-electron chi connectivity index (χ4n) is 17.5. The Morgan fingerprint density at radius 2 is 0.772 bits per heavy atom. The minimum Gasteiger partial charge on any atom is -0.396 e. The second-order valence-corrected chi connectivity index (χ2v) is 34.2. The van der Waals surface area contributed by atoms with Gasteiger partial charge in [0.25, 0.3) is 0 Å². The SMILES string of the molecule is CCc1cnn2c(NCc3ccc4c(c3)ncn4C)cc(N3CCCC[C@H]3CCO)nc12.CCc1cnn2c(NCc3ccc4c(c3)ncn4C)cc(N[C@H]3CCCC[C@H]3CO)nc12.Cn1cnc2cc(CNc3cc(N4CCCC[C@H]4CCO)nc4c(Br)cnn34)ccc21.Nc1ncc(CNc2cc(N3CCCC[C@H]3CCO)nc3c(Br)cnn23)cn1. The van der Waals surface area contributed by atoms with Crippen molar-refractivity contribution in [3.05, 3.63) is 177 Å². The van der Waals surface area contributed by atoms with Gasteiger partial charge in [0, 0.05) is 177 Å². The molecule has 3 saturated heterocycles. The summed E-state index contributed by atoms with van der Waals surface area (Å²) in [5, 5.41) is 74.2. The third-order valence-electron chi connectivity index (χ3n) is 24.3. The number of hydrogen-bond acceptors (Lipinski definition) is 26. The minimum absolute atomic E-state index is 0.183. The number of fused-ring (bicyclic) bond motifs is 7. The number of nitrogens with two attached hydrogens (primary N) is 1. The van der Waals surface area contributed by atoms with E-state index in [9.17, 15) is 20.4 Å². The highest BCUT2D eigenvalue weighted by Gasteiger charge is 2.30. The summed E-state index contributed by atoms with van der Waals surface area (Å²) in [6.45, 7) is 10.4. The van der Waals surface area contributed by atoms with Crippen LogP contribution in [0.4, 0.5) is 52.5 Å². The summed E-state index contributed by atoms with van der Waals surface area (Å²) >= 11 is 7.13. The molecule has 12 aromatic heterocycles. The van der Waals surface area contributed by atoms with E-state index in [0.717, 1.165) is 242 Å². The first-order chi connectivity index (χ1) is 60.1. The number of hydrogen-bond donors (Lipinski definition) is 10. The van der Waals surface area contributed by atoms with Crippen molar-refractivity contribution in [1.29, 1.82) is 0 Å². The Labute approximate surface area is 730 Å². The summed E-state index contributed by atoms with van der Waals surface area (Å²) < 4.78 is 15.2. The third kappa shape index (κ3) is 19.4. The highest BCUT2D eigenvalue weighted by atomic mass is 79.9.